The number of amides is 1. The molecule has 21 heavy (non-hydrogen) atoms. The molecule has 2 heterocycles. The Hall–Kier alpha value is -1.46. The molecule has 1 saturated heterocycles. The molecule has 0 aliphatic carbocycles. The fraction of sp³-hybridized carbons (Fsp3) is 0.533. The quantitative estimate of drug-likeness (QED) is 0.921. The second kappa shape index (κ2) is 7.00. The Morgan fingerprint density at radius 2 is 2.00 bits per heavy atom. The van der Waals surface area contributed by atoms with E-state index < -0.39 is 0 Å². The fourth-order valence-corrected chi connectivity index (χ4v) is 2.75. The molecule has 1 fully saturated rings. The minimum Gasteiger partial charge on any atom is -0.454 e. The van der Waals surface area contributed by atoms with Crippen LogP contribution in [0.1, 0.15) is 18.4 Å². The van der Waals surface area contributed by atoms with Crippen LogP contribution in [0.2, 0.25) is 0 Å². The molecule has 5 nitrogen and oxygen atoms in total. The van der Waals surface area contributed by atoms with Gasteiger partial charge in [0.05, 0.1) is 6.42 Å². The van der Waals surface area contributed by atoms with Crippen molar-refractivity contribution in [3.05, 3.63) is 23.8 Å². The molecular weight excluding hydrogens is 292 g/mol. The summed E-state index contributed by atoms with van der Waals surface area (Å²) < 4.78 is 10.6. The summed E-state index contributed by atoms with van der Waals surface area (Å²) in [6, 6.07) is 6.26. The monoisotopic (exact) mass is 312 g/mol. The summed E-state index contributed by atoms with van der Waals surface area (Å²) in [5.74, 6) is 1.69. The van der Waals surface area contributed by atoms with Crippen LogP contribution in [0.15, 0.2) is 18.2 Å². The van der Waals surface area contributed by atoms with Crippen LogP contribution < -0.4 is 14.8 Å². The number of rotatable bonds is 3. The van der Waals surface area contributed by atoms with Crippen LogP contribution in [0.25, 0.3) is 0 Å². The van der Waals surface area contributed by atoms with E-state index in [1.165, 1.54) is 0 Å². The lowest BCUT2D eigenvalue weighted by Crippen LogP contribution is -2.44. The molecule has 0 atom stereocenters. The summed E-state index contributed by atoms with van der Waals surface area (Å²) >= 11 is 0. The zero-order valence-electron chi connectivity index (χ0n) is 12.1. The second-order valence-corrected chi connectivity index (χ2v) is 5.31. The molecule has 0 aromatic heterocycles. The van der Waals surface area contributed by atoms with E-state index in [2.05, 4.69) is 5.32 Å². The van der Waals surface area contributed by atoms with Crippen molar-refractivity contribution in [1.82, 2.24) is 10.2 Å². The highest BCUT2D eigenvalue weighted by Gasteiger charge is 2.22. The molecule has 0 spiro atoms. The average Bonchev–Trinajstić information content (AvgIpc) is 2.95. The molecule has 2 aliphatic heterocycles. The first-order valence-electron chi connectivity index (χ1n) is 7.10. The van der Waals surface area contributed by atoms with Gasteiger partial charge in [-0.15, -0.1) is 12.4 Å². The third-order valence-corrected chi connectivity index (χ3v) is 4.05. The number of hydrogen-bond acceptors (Lipinski definition) is 4. The van der Waals surface area contributed by atoms with Gasteiger partial charge in [0.2, 0.25) is 12.7 Å². The van der Waals surface area contributed by atoms with Gasteiger partial charge >= 0.3 is 0 Å². The van der Waals surface area contributed by atoms with Crippen molar-refractivity contribution in [2.24, 2.45) is 0 Å². The zero-order valence-corrected chi connectivity index (χ0v) is 12.9. The maximum Gasteiger partial charge on any atom is 0.231 e. The molecule has 0 bridgehead atoms. The summed E-state index contributed by atoms with van der Waals surface area (Å²) in [5.41, 5.74) is 0.981. The van der Waals surface area contributed by atoms with Gasteiger partial charge in [-0.1, -0.05) is 6.07 Å². The van der Waals surface area contributed by atoms with Gasteiger partial charge in [0.15, 0.2) is 11.5 Å². The molecule has 2 aliphatic rings. The fourth-order valence-electron chi connectivity index (χ4n) is 2.75. The summed E-state index contributed by atoms with van der Waals surface area (Å²) in [4.78, 5) is 14.3. The molecule has 0 saturated carbocycles. The molecule has 0 radical (unpaired) electrons. The normalized spacial score (nSPS) is 17.5. The van der Waals surface area contributed by atoms with Crippen LogP contribution in [0, 0.1) is 0 Å². The van der Waals surface area contributed by atoms with E-state index >= 15 is 0 Å². The van der Waals surface area contributed by atoms with Crippen LogP contribution in [-0.2, 0) is 11.2 Å². The van der Waals surface area contributed by atoms with E-state index in [1.807, 2.05) is 30.1 Å². The number of fused-ring (bicyclic) bond motifs is 1. The Morgan fingerprint density at radius 3 is 2.71 bits per heavy atom. The Bertz CT molecular complexity index is 502. The minimum absolute atomic E-state index is 0. The van der Waals surface area contributed by atoms with Gasteiger partial charge in [0, 0.05) is 19.1 Å². The Balaban J connectivity index is 0.00000161. The van der Waals surface area contributed by atoms with Gasteiger partial charge in [0.25, 0.3) is 0 Å². The maximum atomic E-state index is 12.3. The van der Waals surface area contributed by atoms with Crippen molar-refractivity contribution in [1.29, 1.82) is 0 Å². The molecule has 0 unspecified atom stereocenters. The molecule has 1 N–H and O–H groups in total. The first-order chi connectivity index (χ1) is 9.76. The lowest BCUT2D eigenvalue weighted by molar-refractivity contribution is -0.131. The van der Waals surface area contributed by atoms with Crippen LogP contribution in [0.5, 0.6) is 11.5 Å². The van der Waals surface area contributed by atoms with E-state index in [-0.39, 0.29) is 25.1 Å². The highest BCUT2D eigenvalue weighted by Crippen LogP contribution is 2.32. The molecule has 1 amide bonds. The number of hydrogen-bond donors (Lipinski definition) is 1. The number of piperidine rings is 1. The van der Waals surface area contributed by atoms with Gasteiger partial charge in [0.1, 0.15) is 0 Å². The van der Waals surface area contributed by atoms with Crippen molar-refractivity contribution >= 4 is 18.3 Å². The highest BCUT2D eigenvalue weighted by molar-refractivity contribution is 5.85. The standard InChI is InChI=1S/C15H20N2O3.ClH/c1-16-12-4-6-17(7-5-12)15(18)9-11-2-3-13-14(8-11)20-10-19-13;/h2-3,8,12,16H,4-7,9-10H2,1H3;1H. The van der Waals surface area contributed by atoms with Gasteiger partial charge in [-0.25, -0.2) is 0 Å². The van der Waals surface area contributed by atoms with Crippen molar-refractivity contribution in [2.45, 2.75) is 25.3 Å². The van der Waals surface area contributed by atoms with Crippen LogP contribution in [0.4, 0.5) is 0 Å². The summed E-state index contributed by atoms with van der Waals surface area (Å²) in [5, 5.41) is 3.27. The maximum absolute atomic E-state index is 12.3. The Kier molecular flexibility index (Phi) is 5.31. The smallest absolute Gasteiger partial charge is 0.231 e. The molecule has 1 aromatic carbocycles. The molecule has 3 rings (SSSR count). The number of benzene rings is 1. The number of nitrogens with one attached hydrogen (secondary N) is 1. The van der Waals surface area contributed by atoms with Crippen molar-refractivity contribution in [2.75, 3.05) is 26.9 Å². The van der Waals surface area contributed by atoms with E-state index in [0.717, 1.165) is 43.0 Å². The van der Waals surface area contributed by atoms with Crippen LogP contribution in [-0.4, -0.2) is 43.8 Å². The van der Waals surface area contributed by atoms with Gasteiger partial charge in [-0.2, -0.15) is 0 Å². The topological polar surface area (TPSA) is 50.8 Å². The highest BCUT2D eigenvalue weighted by atomic mass is 35.5. The SMILES string of the molecule is CNC1CCN(C(=O)Cc2ccc3c(c2)OCO3)CC1.Cl. The molecule has 116 valence electrons. The first kappa shape index (κ1) is 15.9. The number of halogens is 1. The molecule has 1 aromatic rings. The Labute approximate surface area is 131 Å². The van der Waals surface area contributed by atoms with Crippen molar-refractivity contribution in [3.8, 4) is 11.5 Å². The van der Waals surface area contributed by atoms with Gasteiger partial charge in [-0.05, 0) is 37.6 Å². The average molecular weight is 313 g/mol. The van der Waals surface area contributed by atoms with E-state index in [1.54, 1.807) is 0 Å². The number of carbonyl (C=O) groups is 1. The first-order valence-corrected chi connectivity index (χ1v) is 7.10. The minimum atomic E-state index is 0. The number of ether oxygens (including phenoxy) is 2. The summed E-state index contributed by atoms with van der Waals surface area (Å²) in [6.07, 6.45) is 2.49. The third kappa shape index (κ3) is 3.60. The lowest BCUT2D eigenvalue weighted by Gasteiger charge is -2.31. The number of likely N-dealkylation sites (tertiary alicyclic amines) is 1. The predicted octanol–water partition coefficient (Wildman–Crippen LogP) is 1.59. The predicted molar refractivity (Wildman–Crippen MR) is 82.2 cm³/mol. The molecule has 6 heteroatoms. The van der Waals surface area contributed by atoms with E-state index in [4.69, 9.17) is 9.47 Å². The summed E-state index contributed by atoms with van der Waals surface area (Å²) in [7, 11) is 1.98. The van der Waals surface area contributed by atoms with Crippen LogP contribution >= 0.6 is 12.4 Å². The van der Waals surface area contributed by atoms with E-state index in [0.29, 0.717) is 12.5 Å². The van der Waals surface area contributed by atoms with Gasteiger partial charge < -0.3 is 19.7 Å². The lowest BCUT2D eigenvalue weighted by atomic mass is 10.0. The van der Waals surface area contributed by atoms with Crippen molar-refractivity contribution < 1.29 is 14.3 Å². The summed E-state index contributed by atoms with van der Waals surface area (Å²) in [6.45, 7) is 1.95. The van der Waals surface area contributed by atoms with Crippen LogP contribution in [0.3, 0.4) is 0 Å². The largest absolute Gasteiger partial charge is 0.454 e. The molecular formula is C15H21ClN2O3. The number of carbonyl (C=O) groups excluding carboxylic acids is 1. The zero-order chi connectivity index (χ0) is 13.9. The van der Waals surface area contributed by atoms with E-state index in [9.17, 15) is 4.79 Å². The second-order valence-electron chi connectivity index (χ2n) is 5.31. The number of nitrogens with zero attached hydrogens (tertiary/aromatic N) is 1. The van der Waals surface area contributed by atoms with Crippen molar-refractivity contribution in [3.63, 3.8) is 0 Å². The third-order valence-electron chi connectivity index (χ3n) is 4.05. The Morgan fingerprint density at radius 1 is 1.29 bits per heavy atom. The van der Waals surface area contributed by atoms with Gasteiger partial charge in [-0.3, -0.25) is 4.79 Å².